The molecule has 0 fully saturated rings. The Labute approximate surface area is 139 Å². The zero-order valence-electron chi connectivity index (χ0n) is 12.3. The van der Waals surface area contributed by atoms with Crippen molar-refractivity contribution in [3.8, 4) is 0 Å². The number of benzene rings is 1. The molecule has 0 amide bonds. The third kappa shape index (κ3) is 4.49. The van der Waals surface area contributed by atoms with Crippen LogP contribution in [0.2, 0.25) is 5.02 Å². The first-order valence-electron chi connectivity index (χ1n) is 6.65. The van der Waals surface area contributed by atoms with E-state index in [1.807, 2.05) is 24.3 Å². The van der Waals surface area contributed by atoms with Gasteiger partial charge in [0.2, 0.25) is 10.0 Å². The van der Waals surface area contributed by atoms with E-state index < -0.39 is 10.0 Å². The molecule has 1 heterocycles. The molecule has 2 aromatic rings. The minimum absolute atomic E-state index is 0.132. The van der Waals surface area contributed by atoms with Crippen LogP contribution >= 0.6 is 23.4 Å². The van der Waals surface area contributed by atoms with Gasteiger partial charge in [0, 0.05) is 23.1 Å². The molecule has 0 aliphatic rings. The summed E-state index contributed by atoms with van der Waals surface area (Å²) < 4.78 is 31.8. The van der Waals surface area contributed by atoms with Gasteiger partial charge >= 0.3 is 0 Å². The Kier molecular flexibility index (Phi) is 5.91. The van der Waals surface area contributed by atoms with Gasteiger partial charge in [0.1, 0.15) is 10.6 Å². The summed E-state index contributed by atoms with van der Waals surface area (Å²) in [7, 11) is -3.57. The average molecular weight is 361 g/mol. The van der Waals surface area contributed by atoms with Crippen LogP contribution in [0.3, 0.4) is 0 Å². The average Bonchev–Trinajstić information content (AvgIpc) is 2.78. The summed E-state index contributed by atoms with van der Waals surface area (Å²) in [6.07, 6.45) is 0. The lowest BCUT2D eigenvalue weighted by molar-refractivity contribution is 0.390. The van der Waals surface area contributed by atoms with Gasteiger partial charge in [-0.2, -0.15) is 11.8 Å². The number of aromatic nitrogens is 1. The van der Waals surface area contributed by atoms with Crippen LogP contribution in [0, 0.1) is 13.8 Å². The molecule has 0 bridgehead atoms. The maximum absolute atomic E-state index is 12.2. The van der Waals surface area contributed by atoms with E-state index in [4.69, 9.17) is 16.1 Å². The number of halogens is 1. The van der Waals surface area contributed by atoms with Gasteiger partial charge in [-0.3, -0.25) is 0 Å². The van der Waals surface area contributed by atoms with Crippen molar-refractivity contribution in [3.63, 3.8) is 0 Å². The van der Waals surface area contributed by atoms with Gasteiger partial charge in [-0.25, -0.2) is 13.1 Å². The highest BCUT2D eigenvalue weighted by Gasteiger charge is 2.23. The minimum Gasteiger partial charge on any atom is -0.360 e. The summed E-state index contributed by atoms with van der Waals surface area (Å²) in [6, 6.07) is 7.63. The van der Waals surface area contributed by atoms with Crippen LogP contribution in [0.15, 0.2) is 33.7 Å². The fraction of sp³-hybridized carbons (Fsp3) is 0.357. The summed E-state index contributed by atoms with van der Waals surface area (Å²) in [4.78, 5) is 0.132. The molecule has 5 nitrogen and oxygen atoms in total. The summed E-state index contributed by atoms with van der Waals surface area (Å²) in [5.41, 5.74) is 1.49. The van der Waals surface area contributed by atoms with Crippen molar-refractivity contribution in [1.82, 2.24) is 9.88 Å². The highest BCUT2D eigenvalue weighted by atomic mass is 35.5. The molecule has 1 aromatic carbocycles. The number of nitrogens with one attached hydrogen (secondary N) is 1. The third-order valence-electron chi connectivity index (χ3n) is 2.93. The molecule has 22 heavy (non-hydrogen) atoms. The van der Waals surface area contributed by atoms with Crippen molar-refractivity contribution < 1.29 is 12.9 Å². The van der Waals surface area contributed by atoms with Gasteiger partial charge in [0.05, 0.1) is 0 Å². The number of nitrogens with zero attached hydrogens (tertiary/aromatic N) is 1. The van der Waals surface area contributed by atoms with Crippen LogP contribution in [0.4, 0.5) is 0 Å². The van der Waals surface area contributed by atoms with Gasteiger partial charge in [-0.1, -0.05) is 28.9 Å². The van der Waals surface area contributed by atoms with Gasteiger partial charge in [-0.05, 0) is 31.5 Å². The topological polar surface area (TPSA) is 72.2 Å². The fourth-order valence-electron chi connectivity index (χ4n) is 2.00. The van der Waals surface area contributed by atoms with Crippen molar-refractivity contribution in [1.29, 1.82) is 0 Å². The number of hydrogen-bond donors (Lipinski definition) is 1. The second-order valence-electron chi connectivity index (χ2n) is 4.73. The molecular formula is C14H17ClN2O3S2. The normalized spacial score (nSPS) is 11.8. The number of aryl methyl sites for hydroxylation is 2. The van der Waals surface area contributed by atoms with E-state index in [0.717, 1.165) is 11.3 Å². The van der Waals surface area contributed by atoms with Gasteiger partial charge in [-0.15, -0.1) is 0 Å². The molecule has 0 saturated carbocycles. The second-order valence-corrected chi connectivity index (χ2v) is 7.98. The molecule has 0 aliphatic heterocycles. The Morgan fingerprint density at radius 1 is 1.36 bits per heavy atom. The highest BCUT2D eigenvalue weighted by Crippen LogP contribution is 2.19. The molecule has 0 radical (unpaired) electrons. The van der Waals surface area contributed by atoms with Crippen LogP contribution in [0.25, 0.3) is 0 Å². The zero-order valence-corrected chi connectivity index (χ0v) is 14.7. The van der Waals surface area contributed by atoms with Crippen molar-refractivity contribution in [2.24, 2.45) is 0 Å². The van der Waals surface area contributed by atoms with E-state index in [9.17, 15) is 8.42 Å². The number of sulfonamides is 1. The first-order valence-corrected chi connectivity index (χ1v) is 9.66. The minimum atomic E-state index is -3.57. The molecule has 0 unspecified atom stereocenters. The van der Waals surface area contributed by atoms with Crippen LogP contribution in [0.1, 0.15) is 17.0 Å². The van der Waals surface area contributed by atoms with E-state index >= 15 is 0 Å². The largest absolute Gasteiger partial charge is 0.360 e. The quantitative estimate of drug-likeness (QED) is 0.768. The summed E-state index contributed by atoms with van der Waals surface area (Å²) in [5, 5.41) is 4.37. The van der Waals surface area contributed by atoms with E-state index in [1.54, 1.807) is 25.6 Å². The predicted octanol–water partition coefficient (Wildman–Crippen LogP) is 3.16. The number of rotatable bonds is 7. The first kappa shape index (κ1) is 17.3. The molecule has 0 aliphatic carbocycles. The molecule has 8 heteroatoms. The fourth-order valence-corrected chi connectivity index (χ4v) is 4.50. The van der Waals surface area contributed by atoms with Gasteiger partial charge < -0.3 is 4.52 Å². The van der Waals surface area contributed by atoms with Crippen molar-refractivity contribution in [2.75, 3.05) is 12.3 Å². The lowest BCUT2D eigenvalue weighted by Crippen LogP contribution is -2.26. The van der Waals surface area contributed by atoms with Gasteiger partial charge in [0.25, 0.3) is 0 Å². The maximum atomic E-state index is 12.2. The Hall–Kier alpha value is -1.02. The van der Waals surface area contributed by atoms with Crippen LogP contribution in [0.5, 0.6) is 0 Å². The molecule has 1 N–H and O–H groups in total. The van der Waals surface area contributed by atoms with E-state index in [1.165, 1.54) is 0 Å². The van der Waals surface area contributed by atoms with Crippen molar-refractivity contribution >= 4 is 33.4 Å². The smallest absolute Gasteiger partial charge is 0.245 e. The number of thioether (sulfide) groups is 1. The lowest BCUT2D eigenvalue weighted by Gasteiger charge is -2.06. The Morgan fingerprint density at radius 2 is 2.14 bits per heavy atom. The van der Waals surface area contributed by atoms with E-state index in [0.29, 0.717) is 28.8 Å². The van der Waals surface area contributed by atoms with E-state index in [2.05, 4.69) is 9.88 Å². The Morgan fingerprint density at radius 3 is 2.77 bits per heavy atom. The predicted molar refractivity (Wildman–Crippen MR) is 88.8 cm³/mol. The highest BCUT2D eigenvalue weighted by molar-refractivity contribution is 7.98. The standard InChI is InChI=1S/C14H17ClN2O3S2/c1-10-14(11(2)20-17-10)22(18,19)16-6-7-21-9-12-4-3-5-13(15)8-12/h3-5,8,16H,6-7,9H2,1-2H3. The summed E-state index contributed by atoms with van der Waals surface area (Å²) in [6.45, 7) is 3.54. The van der Waals surface area contributed by atoms with Crippen molar-refractivity contribution in [2.45, 2.75) is 24.5 Å². The summed E-state index contributed by atoms with van der Waals surface area (Å²) >= 11 is 7.55. The molecule has 0 atom stereocenters. The first-order chi connectivity index (χ1) is 10.4. The van der Waals surface area contributed by atoms with Crippen LogP contribution in [-0.2, 0) is 15.8 Å². The molecule has 0 saturated heterocycles. The second kappa shape index (κ2) is 7.50. The zero-order chi connectivity index (χ0) is 16.2. The third-order valence-corrected chi connectivity index (χ3v) is 5.90. The van der Waals surface area contributed by atoms with Crippen LogP contribution in [-0.4, -0.2) is 25.9 Å². The summed E-state index contributed by atoms with van der Waals surface area (Å²) in [5.74, 6) is 1.75. The molecular weight excluding hydrogens is 344 g/mol. The van der Waals surface area contributed by atoms with Gasteiger partial charge in [0.15, 0.2) is 5.76 Å². The Bertz CT molecular complexity index is 725. The number of hydrogen-bond acceptors (Lipinski definition) is 5. The molecule has 0 spiro atoms. The molecule has 1 aromatic heterocycles. The Balaban J connectivity index is 1.81. The maximum Gasteiger partial charge on any atom is 0.245 e. The molecule has 2 rings (SSSR count). The van der Waals surface area contributed by atoms with Crippen LogP contribution < -0.4 is 4.72 Å². The molecule has 120 valence electrons. The van der Waals surface area contributed by atoms with Crippen molar-refractivity contribution in [3.05, 3.63) is 46.3 Å². The lowest BCUT2D eigenvalue weighted by atomic mass is 10.2. The monoisotopic (exact) mass is 360 g/mol. The van der Waals surface area contributed by atoms with E-state index in [-0.39, 0.29) is 4.90 Å². The SMILES string of the molecule is Cc1noc(C)c1S(=O)(=O)NCCSCc1cccc(Cl)c1.